The summed E-state index contributed by atoms with van der Waals surface area (Å²) in [4.78, 5) is 4.96. The number of nitrogens with zero attached hydrogens (tertiary/aromatic N) is 2. The highest BCUT2D eigenvalue weighted by Gasteiger charge is 2.51. The van der Waals surface area contributed by atoms with E-state index in [4.69, 9.17) is 19.0 Å². The van der Waals surface area contributed by atoms with Crippen molar-refractivity contribution in [3.05, 3.63) is 24.0 Å². The summed E-state index contributed by atoms with van der Waals surface area (Å²) >= 11 is 0. The van der Waals surface area contributed by atoms with Gasteiger partial charge in [0.05, 0.1) is 22.2 Å². The second-order valence-electron chi connectivity index (χ2n) is 13.7. The van der Waals surface area contributed by atoms with Crippen LogP contribution in [-0.2, 0) is 20.8 Å². The number of ether oxygens (including phenoxy) is 1. The van der Waals surface area contributed by atoms with Crippen LogP contribution >= 0.6 is 0 Å². The second kappa shape index (κ2) is 9.50. The van der Waals surface area contributed by atoms with Crippen LogP contribution in [0, 0.1) is 11.5 Å². The zero-order valence-electron chi connectivity index (χ0n) is 24.0. The van der Waals surface area contributed by atoms with E-state index < -0.39 is 23.3 Å². The SMILES string of the molecule is CC1(C)OB(c2ccc3c(c2)nc(C#C[Si](C)(C)C(C)(C)C)n3COCC[Si](C)(C)C)OC1(C)C. The average Bonchev–Trinajstić information content (AvgIpc) is 3.14. The minimum absolute atomic E-state index is 0.189. The molecule has 1 fully saturated rings. The van der Waals surface area contributed by atoms with Crippen molar-refractivity contribution in [2.75, 3.05) is 6.61 Å². The lowest BCUT2D eigenvalue weighted by molar-refractivity contribution is 0.00578. The van der Waals surface area contributed by atoms with E-state index in [0.29, 0.717) is 6.73 Å². The Morgan fingerprint density at radius 3 is 2.17 bits per heavy atom. The molecule has 1 aromatic heterocycles. The average molecular weight is 513 g/mol. The minimum Gasteiger partial charge on any atom is -0.399 e. The van der Waals surface area contributed by atoms with Gasteiger partial charge in [0.15, 0.2) is 5.82 Å². The van der Waals surface area contributed by atoms with Gasteiger partial charge in [0, 0.05) is 14.7 Å². The van der Waals surface area contributed by atoms with Crippen molar-refractivity contribution in [2.45, 2.75) is 110 Å². The summed E-state index contributed by atoms with van der Waals surface area (Å²) in [5, 5.41) is 0.189. The molecule has 0 saturated carbocycles. The zero-order valence-corrected chi connectivity index (χ0v) is 26.0. The summed E-state index contributed by atoms with van der Waals surface area (Å²) in [6.45, 7) is 28.1. The molecule has 3 rings (SSSR count). The van der Waals surface area contributed by atoms with Gasteiger partial charge in [-0.05, 0) is 62.3 Å². The van der Waals surface area contributed by atoms with E-state index in [9.17, 15) is 0 Å². The summed E-state index contributed by atoms with van der Waals surface area (Å²) in [7, 11) is -3.34. The lowest BCUT2D eigenvalue weighted by Crippen LogP contribution is -2.41. The first kappa shape index (κ1) is 28.2. The van der Waals surface area contributed by atoms with E-state index in [1.165, 1.54) is 0 Å². The van der Waals surface area contributed by atoms with Gasteiger partial charge in [0.2, 0.25) is 0 Å². The van der Waals surface area contributed by atoms with Crippen molar-refractivity contribution in [3.8, 4) is 11.5 Å². The minimum atomic E-state index is -1.78. The molecule has 2 heterocycles. The number of benzene rings is 1. The first-order chi connectivity index (χ1) is 15.8. The molecule has 0 amide bonds. The second-order valence-corrected chi connectivity index (χ2v) is 24.3. The maximum Gasteiger partial charge on any atom is 0.494 e. The Bertz CT molecular complexity index is 1120. The molecule has 192 valence electrons. The number of fused-ring (bicyclic) bond motifs is 1. The first-order valence-electron chi connectivity index (χ1n) is 12.8. The Morgan fingerprint density at radius 1 is 1.03 bits per heavy atom. The molecule has 1 aliphatic heterocycles. The van der Waals surface area contributed by atoms with Gasteiger partial charge in [-0.2, -0.15) is 0 Å². The van der Waals surface area contributed by atoms with E-state index in [2.05, 4.69) is 115 Å². The van der Waals surface area contributed by atoms with Crippen LogP contribution in [0.4, 0.5) is 0 Å². The topological polar surface area (TPSA) is 45.5 Å². The third-order valence-electron chi connectivity index (χ3n) is 7.88. The fraction of sp³-hybridized carbons (Fsp3) is 0.667. The summed E-state index contributed by atoms with van der Waals surface area (Å²) in [6.07, 6.45) is 0. The Balaban J connectivity index is 1.97. The number of hydrogen-bond acceptors (Lipinski definition) is 4. The van der Waals surface area contributed by atoms with Crippen LogP contribution in [0.15, 0.2) is 18.2 Å². The van der Waals surface area contributed by atoms with Crippen molar-refractivity contribution in [1.29, 1.82) is 0 Å². The van der Waals surface area contributed by atoms with Gasteiger partial charge in [-0.3, -0.25) is 4.57 Å². The highest BCUT2D eigenvalue weighted by molar-refractivity contribution is 6.87. The maximum atomic E-state index is 6.28. The monoisotopic (exact) mass is 512 g/mol. The Labute approximate surface area is 215 Å². The molecule has 0 atom stereocenters. The van der Waals surface area contributed by atoms with Crippen LogP contribution in [-0.4, -0.2) is 50.6 Å². The highest BCUT2D eigenvalue weighted by Crippen LogP contribution is 2.37. The Hall–Kier alpha value is -1.37. The van der Waals surface area contributed by atoms with Crippen LogP contribution in [0.3, 0.4) is 0 Å². The standard InChI is InChI=1S/C27H45BN2O3Si2/c1-25(2,3)35(11,12)17-15-24-29-22-19-21(28-32-26(4,5)27(6,7)33-28)13-14-23(22)30(24)20-31-16-18-34(8,9)10/h13-14,19H,16,18,20H2,1-12H3. The van der Waals surface area contributed by atoms with Crippen LogP contribution < -0.4 is 5.46 Å². The number of hydrogen-bond donors (Lipinski definition) is 0. The predicted molar refractivity (Wildman–Crippen MR) is 154 cm³/mol. The molecule has 1 aromatic carbocycles. The zero-order chi connectivity index (χ0) is 26.4. The van der Waals surface area contributed by atoms with Crippen LogP contribution in [0.2, 0.25) is 43.8 Å². The van der Waals surface area contributed by atoms with Crippen molar-refractivity contribution >= 4 is 39.8 Å². The molecule has 0 spiro atoms. The molecule has 0 aliphatic carbocycles. The van der Waals surface area contributed by atoms with Crippen LogP contribution in [0.5, 0.6) is 0 Å². The van der Waals surface area contributed by atoms with Crippen molar-refractivity contribution < 1.29 is 14.0 Å². The first-order valence-corrected chi connectivity index (χ1v) is 19.5. The predicted octanol–water partition coefficient (Wildman–Crippen LogP) is 6.05. The number of aromatic nitrogens is 2. The summed E-state index contributed by atoms with van der Waals surface area (Å²) in [6, 6.07) is 7.39. The molecule has 2 aromatic rings. The van der Waals surface area contributed by atoms with Crippen LogP contribution in [0.25, 0.3) is 11.0 Å². The lowest BCUT2D eigenvalue weighted by atomic mass is 9.79. The Morgan fingerprint density at radius 2 is 1.63 bits per heavy atom. The van der Waals surface area contributed by atoms with E-state index >= 15 is 0 Å². The van der Waals surface area contributed by atoms with E-state index in [-0.39, 0.29) is 16.2 Å². The summed E-state index contributed by atoms with van der Waals surface area (Å²) < 4.78 is 20.8. The fourth-order valence-corrected chi connectivity index (χ4v) is 4.99. The van der Waals surface area contributed by atoms with Gasteiger partial charge in [0.1, 0.15) is 14.8 Å². The molecule has 5 nitrogen and oxygen atoms in total. The number of rotatable bonds is 6. The molecule has 8 heteroatoms. The molecule has 0 radical (unpaired) electrons. The quantitative estimate of drug-likeness (QED) is 0.269. The van der Waals surface area contributed by atoms with E-state index in [1.807, 2.05) is 0 Å². The maximum absolute atomic E-state index is 6.28. The van der Waals surface area contributed by atoms with E-state index in [0.717, 1.165) is 35.0 Å². The fourth-order valence-electron chi connectivity index (χ4n) is 3.43. The van der Waals surface area contributed by atoms with E-state index in [1.54, 1.807) is 0 Å². The molecule has 0 N–H and O–H groups in total. The van der Waals surface area contributed by atoms with Gasteiger partial charge in [-0.1, -0.05) is 59.6 Å². The van der Waals surface area contributed by atoms with Gasteiger partial charge in [-0.15, -0.1) is 5.54 Å². The Kier molecular flexibility index (Phi) is 7.65. The van der Waals surface area contributed by atoms with Gasteiger partial charge < -0.3 is 14.0 Å². The molecule has 1 saturated heterocycles. The summed E-state index contributed by atoms with van der Waals surface area (Å²) in [5.41, 5.74) is 5.77. The molecule has 1 aliphatic rings. The molecular weight excluding hydrogens is 467 g/mol. The van der Waals surface area contributed by atoms with Crippen LogP contribution in [0.1, 0.15) is 54.3 Å². The van der Waals surface area contributed by atoms with Gasteiger partial charge >= 0.3 is 7.12 Å². The smallest absolute Gasteiger partial charge is 0.399 e. The largest absolute Gasteiger partial charge is 0.494 e. The lowest BCUT2D eigenvalue weighted by Gasteiger charge is -2.32. The molecule has 0 unspecified atom stereocenters. The van der Waals surface area contributed by atoms with Gasteiger partial charge in [-0.25, -0.2) is 4.98 Å². The molecule has 0 bridgehead atoms. The molecular formula is C27H45BN2O3Si2. The number of imidazole rings is 1. The van der Waals surface area contributed by atoms with Gasteiger partial charge in [0.25, 0.3) is 0 Å². The van der Waals surface area contributed by atoms with Crippen molar-refractivity contribution in [1.82, 2.24) is 9.55 Å². The summed E-state index contributed by atoms with van der Waals surface area (Å²) in [5.74, 6) is 4.22. The third-order valence-corrected chi connectivity index (χ3v) is 14.1. The third kappa shape index (κ3) is 6.31. The highest BCUT2D eigenvalue weighted by atomic mass is 28.3. The van der Waals surface area contributed by atoms with Crippen molar-refractivity contribution in [3.63, 3.8) is 0 Å². The van der Waals surface area contributed by atoms with Crippen molar-refractivity contribution in [2.24, 2.45) is 0 Å². The normalized spacial score (nSPS) is 18.1. The molecule has 35 heavy (non-hydrogen) atoms.